The van der Waals surface area contributed by atoms with Crippen molar-refractivity contribution in [3.63, 3.8) is 0 Å². The summed E-state index contributed by atoms with van der Waals surface area (Å²) in [4.78, 5) is 21.9. The summed E-state index contributed by atoms with van der Waals surface area (Å²) in [5.74, 6) is -0.461. The lowest BCUT2D eigenvalue weighted by atomic mass is 10.3. The highest BCUT2D eigenvalue weighted by Crippen LogP contribution is 2.21. The second-order valence-electron chi connectivity index (χ2n) is 2.65. The van der Waals surface area contributed by atoms with Crippen LogP contribution in [0.1, 0.15) is 15.2 Å². The monoisotopic (exact) mass is 246 g/mol. The Bertz CT molecular complexity index is 359. The van der Waals surface area contributed by atoms with Crippen LogP contribution in [0.4, 0.5) is 0 Å². The smallest absolute Gasteiger partial charge is 0.346 e. The van der Waals surface area contributed by atoms with E-state index in [-0.39, 0.29) is 11.7 Å². The van der Waals surface area contributed by atoms with Crippen molar-refractivity contribution >= 4 is 35.0 Å². The third-order valence-corrected chi connectivity index (χ3v) is 3.55. The van der Waals surface area contributed by atoms with Gasteiger partial charge in [-0.25, -0.2) is 4.79 Å². The number of carboxylic acids is 1. The highest BCUT2D eigenvalue weighted by Gasteiger charge is 2.11. The van der Waals surface area contributed by atoms with Crippen molar-refractivity contribution < 1.29 is 19.4 Å². The molecule has 0 aliphatic carbocycles. The first-order valence-electron chi connectivity index (χ1n) is 4.09. The Morgan fingerprint density at radius 2 is 2.33 bits per heavy atom. The Labute approximate surface area is 95.3 Å². The first-order chi connectivity index (χ1) is 7.15. The lowest BCUT2D eigenvalue weighted by Gasteiger charge is -2.00. The molecule has 1 heterocycles. The molecule has 82 valence electrons. The zero-order valence-corrected chi connectivity index (χ0v) is 9.69. The van der Waals surface area contributed by atoms with Crippen molar-refractivity contribution in [2.45, 2.75) is 5.75 Å². The SMILES string of the molecule is COC(=O)CSCc1ccsc1C(=O)O. The van der Waals surface area contributed by atoms with E-state index in [1.165, 1.54) is 30.2 Å². The van der Waals surface area contributed by atoms with E-state index < -0.39 is 5.97 Å². The van der Waals surface area contributed by atoms with E-state index in [0.717, 1.165) is 5.56 Å². The number of esters is 1. The highest BCUT2D eigenvalue weighted by atomic mass is 32.2. The van der Waals surface area contributed by atoms with Crippen LogP contribution in [0.3, 0.4) is 0 Å². The maximum absolute atomic E-state index is 10.8. The lowest BCUT2D eigenvalue weighted by molar-refractivity contribution is -0.137. The van der Waals surface area contributed by atoms with Crippen LogP contribution in [0.15, 0.2) is 11.4 Å². The Hall–Kier alpha value is -1.01. The predicted octanol–water partition coefficient (Wildman–Crippen LogP) is 1.85. The largest absolute Gasteiger partial charge is 0.477 e. The minimum atomic E-state index is -0.918. The van der Waals surface area contributed by atoms with Crippen molar-refractivity contribution in [2.75, 3.05) is 12.9 Å². The molecule has 1 aromatic rings. The molecule has 0 saturated heterocycles. The molecule has 0 amide bonds. The number of rotatable bonds is 5. The first kappa shape index (κ1) is 12.1. The van der Waals surface area contributed by atoms with Crippen molar-refractivity contribution in [2.24, 2.45) is 0 Å². The maximum atomic E-state index is 10.8. The van der Waals surface area contributed by atoms with Crippen LogP contribution in [-0.4, -0.2) is 29.9 Å². The van der Waals surface area contributed by atoms with Gasteiger partial charge in [-0.1, -0.05) is 0 Å². The second-order valence-corrected chi connectivity index (χ2v) is 4.55. The van der Waals surface area contributed by atoms with Crippen LogP contribution in [0, 0.1) is 0 Å². The lowest BCUT2D eigenvalue weighted by Crippen LogP contribution is -2.04. The molecule has 1 N–H and O–H groups in total. The quantitative estimate of drug-likeness (QED) is 0.803. The normalized spacial score (nSPS) is 9.93. The van der Waals surface area contributed by atoms with E-state index in [0.29, 0.717) is 10.6 Å². The minimum Gasteiger partial charge on any atom is -0.477 e. The summed E-state index contributed by atoms with van der Waals surface area (Å²) in [7, 11) is 1.33. The van der Waals surface area contributed by atoms with Crippen molar-refractivity contribution in [3.05, 3.63) is 21.9 Å². The summed E-state index contributed by atoms with van der Waals surface area (Å²) in [6, 6.07) is 1.76. The van der Waals surface area contributed by atoms with E-state index >= 15 is 0 Å². The average Bonchev–Trinajstić information content (AvgIpc) is 2.65. The molecule has 0 aliphatic rings. The Kier molecular flexibility index (Phi) is 4.64. The third kappa shape index (κ3) is 3.56. The molecule has 0 fully saturated rings. The number of carbonyl (C=O) groups excluding carboxylic acids is 1. The molecular weight excluding hydrogens is 236 g/mol. The number of thioether (sulfide) groups is 1. The first-order valence-corrected chi connectivity index (χ1v) is 6.12. The van der Waals surface area contributed by atoms with E-state index in [4.69, 9.17) is 5.11 Å². The summed E-state index contributed by atoms with van der Waals surface area (Å²) < 4.78 is 4.47. The Morgan fingerprint density at radius 3 is 2.93 bits per heavy atom. The van der Waals surface area contributed by atoms with Crippen LogP contribution in [0.2, 0.25) is 0 Å². The van der Waals surface area contributed by atoms with Gasteiger partial charge in [-0.15, -0.1) is 23.1 Å². The summed E-state index contributed by atoms with van der Waals surface area (Å²) in [5.41, 5.74) is 0.751. The Balaban J connectivity index is 2.47. The molecule has 0 unspecified atom stereocenters. The van der Waals surface area contributed by atoms with Gasteiger partial charge in [0.05, 0.1) is 12.9 Å². The summed E-state index contributed by atoms with van der Waals surface area (Å²) >= 11 is 2.54. The summed E-state index contributed by atoms with van der Waals surface area (Å²) in [6.45, 7) is 0. The number of methoxy groups -OCH3 is 1. The number of thiophene rings is 1. The molecule has 1 aromatic heterocycles. The fourth-order valence-corrected chi connectivity index (χ4v) is 2.64. The highest BCUT2D eigenvalue weighted by molar-refractivity contribution is 7.99. The van der Waals surface area contributed by atoms with Crippen LogP contribution < -0.4 is 0 Å². The molecule has 0 aromatic carbocycles. The number of carboxylic acid groups (broad SMARTS) is 1. The van der Waals surface area contributed by atoms with Gasteiger partial charge in [0.2, 0.25) is 0 Å². The molecule has 0 aliphatic heterocycles. The number of hydrogen-bond acceptors (Lipinski definition) is 5. The molecule has 0 saturated carbocycles. The van der Waals surface area contributed by atoms with Gasteiger partial charge in [0.1, 0.15) is 4.88 Å². The average molecular weight is 246 g/mol. The van der Waals surface area contributed by atoms with Gasteiger partial charge >= 0.3 is 11.9 Å². The van der Waals surface area contributed by atoms with E-state index in [1.807, 2.05) is 0 Å². The predicted molar refractivity (Wildman–Crippen MR) is 59.5 cm³/mol. The Morgan fingerprint density at radius 1 is 1.60 bits per heavy atom. The number of hydrogen-bond donors (Lipinski definition) is 1. The molecule has 4 nitrogen and oxygen atoms in total. The van der Waals surface area contributed by atoms with Gasteiger partial charge in [-0.2, -0.15) is 0 Å². The van der Waals surface area contributed by atoms with Crippen LogP contribution >= 0.6 is 23.1 Å². The second kappa shape index (κ2) is 5.77. The van der Waals surface area contributed by atoms with Gasteiger partial charge in [0, 0.05) is 5.75 Å². The number of aromatic carboxylic acids is 1. The van der Waals surface area contributed by atoms with Gasteiger partial charge in [-0.05, 0) is 17.0 Å². The molecule has 0 atom stereocenters. The van der Waals surface area contributed by atoms with Gasteiger partial charge < -0.3 is 9.84 Å². The standard InChI is InChI=1S/C9H10O4S2/c1-13-7(10)5-14-4-6-2-3-15-8(6)9(11)12/h2-3H,4-5H2,1H3,(H,11,12). The summed E-state index contributed by atoms with van der Waals surface area (Å²) in [5, 5.41) is 10.6. The number of carbonyl (C=O) groups is 2. The molecule has 6 heteroatoms. The van der Waals surface area contributed by atoms with Crippen molar-refractivity contribution in [1.29, 1.82) is 0 Å². The molecule has 0 radical (unpaired) electrons. The molecule has 15 heavy (non-hydrogen) atoms. The topological polar surface area (TPSA) is 63.6 Å². The van der Waals surface area contributed by atoms with E-state index in [9.17, 15) is 9.59 Å². The maximum Gasteiger partial charge on any atom is 0.346 e. The molecule has 0 bridgehead atoms. The van der Waals surface area contributed by atoms with Gasteiger partial charge in [-0.3, -0.25) is 4.79 Å². The zero-order chi connectivity index (χ0) is 11.3. The molecular formula is C9H10O4S2. The van der Waals surface area contributed by atoms with E-state index in [1.54, 1.807) is 11.4 Å². The number of ether oxygens (including phenoxy) is 1. The van der Waals surface area contributed by atoms with E-state index in [2.05, 4.69) is 4.74 Å². The molecule has 0 spiro atoms. The fourth-order valence-electron chi connectivity index (χ4n) is 0.940. The van der Waals surface area contributed by atoms with Crippen LogP contribution in [0.25, 0.3) is 0 Å². The zero-order valence-electron chi connectivity index (χ0n) is 8.06. The third-order valence-electron chi connectivity index (χ3n) is 1.65. The minimum absolute atomic E-state index is 0.241. The summed E-state index contributed by atoms with van der Waals surface area (Å²) in [6.07, 6.45) is 0. The van der Waals surface area contributed by atoms with Gasteiger partial charge in [0.15, 0.2) is 0 Å². The van der Waals surface area contributed by atoms with Crippen LogP contribution in [-0.2, 0) is 15.3 Å². The fraction of sp³-hybridized carbons (Fsp3) is 0.333. The molecule has 1 rings (SSSR count). The van der Waals surface area contributed by atoms with Crippen LogP contribution in [0.5, 0.6) is 0 Å². The van der Waals surface area contributed by atoms with Gasteiger partial charge in [0.25, 0.3) is 0 Å². The van der Waals surface area contributed by atoms with Crippen molar-refractivity contribution in [1.82, 2.24) is 0 Å². The van der Waals surface area contributed by atoms with Crippen molar-refractivity contribution in [3.8, 4) is 0 Å².